The Kier molecular flexibility index (Phi) is 10.7. The largest absolute Gasteiger partial charge is 0.457 e. The predicted molar refractivity (Wildman–Crippen MR) is 254 cm³/mol. The van der Waals surface area contributed by atoms with Crippen LogP contribution < -0.4 is 4.74 Å². The third-order valence-electron chi connectivity index (χ3n) is 12.0. The fourth-order valence-electron chi connectivity index (χ4n) is 8.89. The predicted octanol–water partition coefficient (Wildman–Crippen LogP) is 16.3. The standard InChI is InChI=1S/C58H50O/c1-5-14-41-29-33-52-45(36-41)19-11-26-58(52)59-48-31-34-49-46(16-9-17-47(49)38-48)37-43-15-7-8-20-50(42(6-2)30-28-40(43)4)53-22-12-25-57-55(53)23-13-24-56(57)54-21-10-18-44-35-39(3)27-32-51(44)54/h7-13,15-36,38H,5-6,14,37H2,1-4H3. The van der Waals surface area contributed by atoms with Gasteiger partial charge in [0, 0.05) is 5.39 Å². The summed E-state index contributed by atoms with van der Waals surface area (Å²) in [6, 6.07) is 66.9. The SMILES string of the molecule is CCCc1ccc2c(Oc3ccc4c(Cc5ccccc(-c6cccc7c(-c8cccc9cc(C)ccc89)cccc67)c(CC)ccc5C)cccc4c3)cccc2c1. The van der Waals surface area contributed by atoms with E-state index in [0.29, 0.717) is 0 Å². The van der Waals surface area contributed by atoms with Crippen LogP contribution in [0.1, 0.15) is 53.6 Å². The first-order chi connectivity index (χ1) is 29.0. The third-order valence-corrected chi connectivity index (χ3v) is 12.0. The first-order valence-corrected chi connectivity index (χ1v) is 21.2. The van der Waals surface area contributed by atoms with Crippen LogP contribution in [0.5, 0.6) is 11.5 Å². The van der Waals surface area contributed by atoms with E-state index in [1.807, 2.05) is 0 Å². The summed E-state index contributed by atoms with van der Waals surface area (Å²) in [7, 11) is 0. The van der Waals surface area contributed by atoms with E-state index in [4.69, 9.17) is 4.74 Å². The number of rotatable bonds is 9. The van der Waals surface area contributed by atoms with E-state index >= 15 is 0 Å². The maximum atomic E-state index is 6.55. The second-order valence-corrected chi connectivity index (χ2v) is 15.9. The molecule has 0 aliphatic heterocycles. The summed E-state index contributed by atoms with van der Waals surface area (Å²) in [5.41, 5.74) is 12.9. The molecule has 9 aromatic rings. The van der Waals surface area contributed by atoms with Crippen LogP contribution in [0.15, 0.2) is 182 Å². The molecule has 0 aliphatic carbocycles. The van der Waals surface area contributed by atoms with Gasteiger partial charge in [-0.2, -0.15) is 0 Å². The van der Waals surface area contributed by atoms with Crippen LogP contribution >= 0.6 is 0 Å². The van der Waals surface area contributed by atoms with Crippen molar-refractivity contribution in [2.45, 2.75) is 53.4 Å². The van der Waals surface area contributed by atoms with Crippen molar-refractivity contribution < 1.29 is 4.74 Å². The van der Waals surface area contributed by atoms with Gasteiger partial charge in [0.15, 0.2) is 0 Å². The van der Waals surface area contributed by atoms with Crippen LogP contribution in [0, 0.1) is 13.8 Å². The van der Waals surface area contributed by atoms with Crippen LogP contribution in [0.2, 0.25) is 0 Å². The number of hydrogen-bond donors (Lipinski definition) is 0. The van der Waals surface area contributed by atoms with E-state index in [1.54, 1.807) is 0 Å². The minimum absolute atomic E-state index is 0.833. The number of aryl methyl sites for hydroxylation is 4. The molecule has 0 fully saturated rings. The molecule has 0 unspecified atom stereocenters. The lowest BCUT2D eigenvalue weighted by Gasteiger charge is -2.15. The highest BCUT2D eigenvalue weighted by Gasteiger charge is 2.13. The molecule has 0 atom stereocenters. The van der Waals surface area contributed by atoms with Gasteiger partial charge in [0.25, 0.3) is 0 Å². The minimum atomic E-state index is 0.833. The zero-order chi connectivity index (χ0) is 40.3. The van der Waals surface area contributed by atoms with E-state index in [0.717, 1.165) is 42.6 Å². The highest BCUT2D eigenvalue weighted by atomic mass is 16.5. The van der Waals surface area contributed by atoms with Crippen molar-refractivity contribution in [1.29, 1.82) is 0 Å². The molecule has 0 saturated heterocycles. The van der Waals surface area contributed by atoms with E-state index in [1.165, 1.54) is 93.3 Å². The Hall–Kier alpha value is -6.70. The van der Waals surface area contributed by atoms with Crippen molar-refractivity contribution in [2.75, 3.05) is 0 Å². The topological polar surface area (TPSA) is 9.23 Å². The average Bonchev–Trinajstić information content (AvgIpc) is 3.26. The van der Waals surface area contributed by atoms with Crippen molar-refractivity contribution in [2.24, 2.45) is 0 Å². The number of hydrogen-bond acceptors (Lipinski definition) is 1. The van der Waals surface area contributed by atoms with Crippen LogP contribution in [0.4, 0.5) is 0 Å². The van der Waals surface area contributed by atoms with Gasteiger partial charge in [-0.15, -0.1) is 0 Å². The zero-order valence-corrected chi connectivity index (χ0v) is 34.6. The van der Waals surface area contributed by atoms with Gasteiger partial charge in [0.05, 0.1) is 0 Å². The van der Waals surface area contributed by atoms with Gasteiger partial charge in [0.2, 0.25) is 0 Å². The van der Waals surface area contributed by atoms with Crippen molar-refractivity contribution in [3.63, 3.8) is 0 Å². The second-order valence-electron chi connectivity index (χ2n) is 15.9. The molecule has 9 rings (SSSR count). The summed E-state index contributed by atoms with van der Waals surface area (Å²) in [4.78, 5) is 0. The molecular formula is C58H50O. The molecule has 0 N–H and O–H groups in total. The van der Waals surface area contributed by atoms with Gasteiger partial charge in [-0.05, 0) is 139 Å². The average molecular weight is 763 g/mol. The normalized spacial score (nSPS) is 11.3. The van der Waals surface area contributed by atoms with E-state index in [-0.39, 0.29) is 0 Å². The highest BCUT2D eigenvalue weighted by Crippen LogP contribution is 2.39. The molecule has 9 aromatic carbocycles. The summed E-state index contributed by atoms with van der Waals surface area (Å²) in [6.45, 7) is 8.90. The molecule has 0 amide bonds. The quantitative estimate of drug-likeness (QED) is 0.142. The summed E-state index contributed by atoms with van der Waals surface area (Å²) in [5.74, 6) is 1.74. The fourth-order valence-corrected chi connectivity index (χ4v) is 8.89. The van der Waals surface area contributed by atoms with Gasteiger partial charge in [0.1, 0.15) is 11.5 Å². The molecule has 0 radical (unpaired) electrons. The summed E-state index contributed by atoms with van der Waals surface area (Å²) >= 11 is 0. The Labute approximate surface area is 348 Å². The maximum absolute atomic E-state index is 6.55. The maximum Gasteiger partial charge on any atom is 0.135 e. The lowest BCUT2D eigenvalue weighted by Crippen LogP contribution is -1.93. The molecule has 1 nitrogen and oxygen atoms in total. The number of fused-ring (bicyclic) bond motifs is 4. The fraction of sp³-hybridized carbons (Fsp3) is 0.138. The number of benzene rings is 8. The van der Waals surface area contributed by atoms with Crippen LogP contribution in [0.3, 0.4) is 0 Å². The van der Waals surface area contributed by atoms with E-state index < -0.39 is 0 Å². The van der Waals surface area contributed by atoms with Crippen LogP contribution in [0.25, 0.3) is 65.3 Å². The Morgan fingerprint density at radius 1 is 0.407 bits per heavy atom. The van der Waals surface area contributed by atoms with Crippen molar-refractivity contribution in [1.82, 2.24) is 0 Å². The Balaban J connectivity index is 1.04. The molecule has 1 heteroatoms. The Morgan fingerprint density at radius 2 is 1.02 bits per heavy atom. The van der Waals surface area contributed by atoms with Gasteiger partial charge < -0.3 is 4.74 Å². The molecule has 288 valence electrons. The zero-order valence-electron chi connectivity index (χ0n) is 34.6. The van der Waals surface area contributed by atoms with Crippen molar-refractivity contribution in [3.8, 4) is 33.8 Å². The molecule has 0 saturated carbocycles. The van der Waals surface area contributed by atoms with E-state index in [9.17, 15) is 0 Å². The first-order valence-electron chi connectivity index (χ1n) is 21.2. The second kappa shape index (κ2) is 16.6. The van der Waals surface area contributed by atoms with Crippen molar-refractivity contribution >= 4 is 43.1 Å². The Bertz CT molecular complexity index is 3080. The van der Waals surface area contributed by atoms with E-state index in [2.05, 4.69) is 210 Å². The molecule has 0 aliphatic rings. The lowest BCUT2D eigenvalue weighted by molar-refractivity contribution is 0.489. The van der Waals surface area contributed by atoms with Gasteiger partial charge in [-0.1, -0.05) is 190 Å². The highest BCUT2D eigenvalue weighted by molar-refractivity contribution is 6.09. The molecule has 0 bridgehead atoms. The minimum Gasteiger partial charge on any atom is -0.457 e. The third kappa shape index (κ3) is 7.69. The molecule has 0 heterocycles. The van der Waals surface area contributed by atoms with Gasteiger partial charge in [-0.3, -0.25) is 0 Å². The molecule has 0 aromatic heterocycles. The lowest BCUT2D eigenvalue weighted by atomic mass is 9.89. The smallest absolute Gasteiger partial charge is 0.135 e. The Morgan fingerprint density at radius 3 is 1.80 bits per heavy atom. The summed E-state index contributed by atoms with van der Waals surface area (Å²) in [5, 5.41) is 9.89. The van der Waals surface area contributed by atoms with Crippen LogP contribution in [-0.2, 0) is 19.3 Å². The van der Waals surface area contributed by atoms with Crippen molar-refractivity contribution in [3.05, 3.63) is 215 Å². The molecule has 59 heavy (non-hydrogen) atoms. The molecular weight excluding hydrogens is 713 g/mol. The first kappa shape index (κ1) is 37.9. The van der Waals surface area contributed by atoms with Crippen LogP contribution in [-0.4, -0.2) is 0 Å². The summed E-state index contributed by atoms with van der Waals surface area (Å²) < 4.78 is 6.55. The molecule has 0 spiro atoms. The summed E-state index contributed by atoms with van der Waals surface area (Å²) in [6.07, 6.45) is 3.99. The van der Waals surface area contributed by atoms with Gasteiger partial charge in [-0.25, -0.2) is 0 Å². The van der Waals surface area contributed by atoms with Gasteiger partial charge >= 0.3 is 0 Å². The number of ether oxygens (including phenoxy) is 1. The monoisotopic (exact) mass is 762 g/mol.